The van der Waals surface area contributed by atoms with Crippen LogP contribution in [0.4, 0.5) is 10.5 Å². The zero-order valence-electron chi connectivity index (χ0n) is 23.2. The number of carbonyl (C=O) groups excluding carboxylic acids is 3. The first-order valence-corrected chi connectivity index (χ1v) is 13.3. The molecule has 39 heavy (non-hydrogen) atoms. The second kappa shape index (κ2) is 11.2. The average molecular weight is 555 g/mol. The maximum atomic E-state index is 13.9. The fraction of sp³-hybridized carbons (Fsp3) is 0.414. The Balaban J connectivity index is 1.61. The largest absolute Gasteiger partial charge is 0.489 e. The van der Waals surface area contributed by atoms with E-state index in [1.165, 1.54) is 11.9 Å². The van der Waals surface area contributed by atoms with E-state index in [4.69, 9.17) is 21.1 Å². The normalized spacial score (nSPS) is 16.2. The number of aromatic nitrogens is 1. The van der Waals surface area contributed by atoms with E-state index in [1.807, 2.05) is 49.5 Å². The van der Waals surface area contributed by atoms with Crippen molar-refractivity contribution in [3.8, 4) is 5.75 Å². The van der Waals surface area contributed by atoms with Gasteiger partial charge in [-0.2, -0.15) is 0 Å². The molecule has 0 unspecified atom stereocenters. The predicted molar refractivity (Wildman–Crippen MR) is 151 cm³/mol. The summed E-state index contributed by atoms with van der Waals surface area (Å²) in [4.78, 5) is 42.4. The molecular weight excluding hydrogens is 520 g/mol. The highest BCUT2D eigenvalue weighted by Gasteiger charge is 2.35. The summed E-state index contributed by atoms with van der Waals surface area (Å²) in [6.07, 6.45) is 1.26. The van der Waals surface area contributed by atoms with Crippen molar-refractivity contribution in [2.24, 2.45) is 0 Å². The van der Waals surface area contributed by atoms with E-state index in [1.54, 1.807) is 38.7 Å². The van der Waals surface area contributed by atoms with Gasteiger partial charge in [0.05, 0.1) is 17.3 Å². The molecule has 1 N–H and O–H groups in total. The van der Waals surface area contributed by atoms with Crippen molar-refractivity contribution in [3.63, 3.8) is 0 Å². The van der Waals surface area contributed by atoms with Gasteiger partial charge in [0, 0.05) is 30.7 Å². The smallest absolute Gasteiger partial charge is 0.410 e. The molecule has 0 saturated carbocycles. The van der Waals surface area contributed by atoms with Gasteiger partial charge in [0.25, 0.3) is 5.91 Å². The molecule has 1 aliphatic rings. The number of halogens is 1. The minimum absolute atomic E-state index is 0.0574. The van der Waals surface area contributed by atoms with Crippen LogP contribution in [0.15, 0.2) is 48.7 Å². The maximum absolute atomic E-state index is 13.9. The molecule has 0 fully saturated rings. The van der Waals surface area contributed by atoms with Crippen LogP contribution in [0, 0.1) is 0 Å². The quantitative estimate of drug-likeness (QED) is 0.464. The van der Waals surface area contributed by atoms with Crippen LogP contribution in [0.1, 0.15) is 40.2 Å². The standard InChI is InChI=1S/C29H35ClN4O5/c1-7-33-16-20(30)25-19(11-10-13-23(25)33)15-34-22-12-8-9-14-24(22)38-17-21(27(34)36)31-26(35)18(2)32(6)28(37)39-29(3,4)5/h8-14,16,18,21H,7,15,17H2,1-6H3,(H,31,35)/t18-,21-/m0/s1. The second-order valence-corrected chi connectivity index (χ2v) is 11.0. The number of carbonyl (C=O) groups is 3. The van der Waals surface area contributed by atoms with Gasteiger partial charge in [-0.05, 0) is 58.4 Å². The first-order chi connectivity index (χ1) is 18.4. The number of fused-ring (bicyclic) bond motifs is 2. The molecule has 3 aromatic rings. The lowest BCUT2D eigenvalue weighted by Crippen LogP contribution is -2.55. The summed E-state index contributed by atoms with van der Waals surface area (Å²) in [5.41, 5.74) is 1.75. The van der Waals surface area contributed by atoms with Crippen LogP contribution in [0.3, 0.4) is 0 Å². The summed E-state index contributed by atoms with van der Waals surface area (Å²) in [5.74, 6) is -0.296. The number of benzene rings is 2. The molecule has 0 aliphatic carbocycles. The Labute approximate surface area is 233 Å². The number of para-hydroxylation sites is 2. The molecule has 2 aromatic carbocycles. The molecule has 10 heteroatoms. The van der Waals surface area contributed by atoms with Crippen LogP contribution in [0.5, 0.6) is 5.75 Å². The molecule has 208 valence electrons. The fourth-order valence-corrected chi connectivity index (χ4v) is 4.85. The molecule has 1 aliphatic heterocycles. The second-order valence-electron chi connectivity index (χ2n) is 10.6. The topological polar surface area (TPSA) is 93.1 Å². The minimum atomic E-state index is -0.977. The molecule has 1 aromatic heterocycles. The Hall–Kier alpha value is -3.72. The Bertz CT molecular complexity index is 1400. The third kappa shape index (κ3) is 5.98. The van der Waals surface area contributed by atoms with Crippen LogP contribution in [-0.4, -0.2) is 58.7 Å². The van der Waals surface area contributed by atoms with Gasteiger partial charge in [0.15, 0.2) is 0 Å². The van der Waals surface area contributed by atoms with Crippen LogP contribution in [0.2, 0.25) is 5.02 Å². The van der Waals surface area contributed by atoms with E-state index in [2.05, 4.69) is 9.88 Å². The summed E-state index contributed by atoms with van der Waals surface area (Å²) in [6, 6.07) is 11.3. The fourth-order valence-electron chi connectivity index (χ4n) is 4.52. The van der Waals surface area contributed by atoms with Crippen molar-refractivity contribution in [2.45, 2.75) is 65.4 Å². The van der Waals surface area contributed by atoms with Gasteiger partial charge >= 0.3 is 6.09 Å². The highest BCUT2D eigenvalue weighted by Crippen LogP contribution is 2.35. The van der Waals surface area contributed by atoms with E-state index in [0.29, 0.717) is 16.5 Å². The van der Waals surface area contributed by atoms with Gasteiger partial charge in [-0.3, -0.25) is 14.5 Å². The number of nitrogens with zero attached hydrogens (tertiary/aromatic N) is 3. The summed E-state index contributed by atoms with van der Waals surface area (Å²) >= 11 is 6.63. The molecule has 0 spiro atoms. The molecule has 0 bridgehead atoms. The van der Waals surface area contributed by atoms with Crippen molar-refractivity contribution >= 4 is 46.1 Å². The number of hydrogen-bond donors (Lipinski definition) is 1. The number of ether oxygens (including phenoxy) is 2. The highest BCUT2D eigenvalue weighted by atomic mass is 35.5. The lowest BCUT2D eigenvalue weighted by atomic mass is 10.1. The molecule has 0 radical (unpaired) electrons. The van der Waals surface area contributed by atoms with Gasteiger partial charge in [0.2, 0.25) is 5.91 Å². The van der Waals surface area contributed by atoms with E-state index < -0.39 is 29.7 Å². The number of amides is 3. The molecule has 3 amide bonds. The molecule has 2 atom stereocenters. The van der Waals surface area contributed by atoms with Crippen molar-refractivity contribution in [1.82, 2.24) is 14.8 Å². The first-order valence-electron chi connectivity index (χ1n) is 13.0. The van der Waals surface area contributed by atoms with Gasteiger partial charge < -0.3 is 24.3 Å². The number of hydrogen-bond acceptors (Lipinski definition) is 5. The highest BCUT2D eigenvalue weighted by molar-refractivity contribution is 6.36. The summed E-state index contributed by atoms with van der Waals surface area (Å²) < 4.78 is 13.4. The third-order valence-corrected chi connectivity index (χ3v) is 6.99. The van der Waals surface area contributed by atoms with E-state index in [9.17, 15) is 14.4 Å². The van der Waals surface area contributed by atoms with Crippen molar-refractivity contribution in [3.05, 3.63) is 59.2 Å². The maximum Gasteiger partial charge on any atom is 0.410 e. The van der Waals surface area contributed by atoms with Crippen molar-refractivity contribution in [1.29, 1.82) is 0 Å². The number of aryl methyl sites for hydroxylation is 1. The molecule has 4 rings (SSSR count). The van der Waals surface area contributed by atoms with Crippen LogP contribution in [0.25, 0.3) is 10.9 Å². The summed E-state index contributed by atoms with van der Waals surface area (Å²) in [6.45, 7) is 9.81. The lowest BCUT2D eigenvalue weighted by Gasteiger charge is -2.29. The molecule has 0 saturated heterocycles. The Morgan fingerprint density at radius 2 is 1.92 bits per heavy atom. The summed E-state index contributed by atoms with van der Waals surface area (Å²) in [5, 5.41) is 4.27. The van der Waals surface area contributed by atoms with Gasteiger partial charge in [0.1, 0.15) is 30.0 Å². The zero-order chi connectivity index (χ0) is 28.5. The van der Waals surface area contributed by atoms with Crippen molar-refractivity contribution < 1.29 is 23.9 Å². The molecule has 9 nitrogen and oxygen atoms in total. The summed E-state index contributed by atoms with van der Waals surface area (Å²) in [7, 11) is 1.48. The number of likely N-dealkylation sites (N-methyl/N-ethyl adjacent to an activating group) is 1. The third-order valence-electron chi connectivity index (χ3n) is 6.70. The number of rotatable bonds is 6. The monoisotopic (exact) mass is 554 g/mol. The van der Waals surface area contributed by atoms with Crippen LogP contribution in [-0.2, 0) is 27.4 Å². The van der Waals surface area contributed by atoms with E-state index in [-0.39, 0.29) is 19.1 Å². The Kier molecular flexibility index (Phi) is 8.11. The van der Waals surface area contributed by atoms with Gasteiger partial charge in [-0.15, -0.1) is 0 Å². The van der Waals surface area contributed by atoms with Gasteiger partial charge in [-0.25, -0.2) is 4.79 Å². The van der Waals surface area contributed by atoms with Gasteiger partial charge in [-0.1, -0.05) is 35.9 Å². The SMILES string of the molecule is CCn1cc(Cl)c2c(CN3C(=O)[C@@H](NC(=O)[C@H](C)N(C)C(=O)OC(C)(C)C)COc4ccccc43)cccc21. The van der Waals surface area contributed by atoms with Crippen LogP contribution < -0.4 is 15.0 Å². The lowest BCUT2D eigenvalue weighted by molar-refractivity contribution is -0.130. The number of nitrogens with one attached hydrogen (secondary N) is 1. The zero-order valence-corrected chi connectivity index (χ0v) is 23.9. The average Bonchev–Trinajstić information content (AvgIpc) is 3.17. The van der Waals surface area contributed by atoms with Crippen molar-refractivity contribution in [2.75, 3.05) is 18.6 Å². The Morgan fingerprint density at radius 1 is 1.21 bits per heavy atom. The number of anilines is 1. The van der Waals surface area contributed by atoms with Crippen LogP contribution >= 0.6 is 11.6 Å². The predicted octanol–water partition coefficient (Wildman–Crippen LogP) is 4.98. The van der Waals surface area contributed by atoms with E-state index in [0.717, 1.165) is 23.0 Å². The first kappa shape index (κ1) is 28.3. The molecular formula is C29H35ClN4O5. The van der Waals surface area contributed by atoms with E-state index >= 15 is 0 Å². The minimum Gasteiger partial charge on any atom is -0.489 e. The Morgan fingerprint density at radius 3 is 2.62 bits per heavy atom. The molecule has 2 heterocycles.